The van der Waals surface area contributed by atoms with E-state index in [1.165, 1.54) is 12.3 Å². The van der Waals surface area contributed by atoms with Crippen LogP contribution in [-0.4, -0.2) is 73.0 Å². The van der Waals surface area contributed by atoms with Crippen LogP contribution in [0.1, 0.15) is 27.0 Å². The molecule has 2 saturated heterocycles. The average Bonchev–Trinajstić information content (AvgIpc) is 2.94. The van der Waals surface area contributed by atoms with Gasteiger partial charge in [-0.05, 0) is 48.4 Å². The van der Waals surface area contributed by atoms with E-state index < -0.39 is 0 Å². The molecule has 0 atom stereocenters. The molecule has 190 valence electrons. The number of benzene rings is 2. The van der Waals surface area contributed by atoms with Gasteiger partial charge in [0.05, 0.1) is 11.9 Å². The average molecular weight is 498 g/mol. The highest BCUT2D eigenvalue weighted by atomic mass is 19.1. The maximum atomic E-state index is 13.4. The molecule has 2 aliphatic heterocycles. The molecule has 0 aliphatic carbocycles. The molecular formula is C30H32FN5O. The maximum Gasteiger partial charge on any atom is 0.254 e. The van der Waals surface area contributed by atoms with Crippen LogP contribution < -0.4 is 9.80 Å². The molecule has 37 heavy (non-hydrogen) atoms. The molecule has 0 N–H and O–H groups in total. The summed E-state index contributed by atoms with van der Waals surface area (Å²) < 4.78 is 13.2. The van der Waals surface area contributed by atoms with Crippen LogP contribution in [-0.2, 0) is 6.54 Å². The van der Waals surface area contributed by atoms with Crippen LogP contribution in [0.25, 0.3) is 0 Å². The zero-order valence-corrected chi connectivity index (χ0v) is 21.2. The van der Waals surface area contributed by atoms with Gasteiger partial charge in [-0.3, -0.25) is 9.69 Å². The molecule has 0 saturated carbocycles. The third kappa shape index (κ3) is 5.60. The number of amides is 1. The number of anilines is 2. The van der Waals surface area contributed by atoms with Crippen LogP contribution in [0.15, 0.2) is 60.8 Å². The molecule has 0 unspecified atom stereocenters. The van der Waals surface area contributed by atoms with Gasteiger partial charge in [0.25, 0.3) is 5.91 Å². The highest BCUT2D eigenvalue weighted by Gasteiger charge is 2.25. The van der Waals surface area contributed by atoms with Crippen molar-refractivity contribution < 1.29 is 9.18 Å². The van der Waals surface area contributed by atoms with E-state index in [-0.39, 0.29) is 11.7 Å². The fourth-order valence-corrected chi connectivity index (χ4v) is 5.14. The predicted molar refractivity (Wildman–Crippen MR) is 145 cm³/mol. The van der Waals surface area contributed by atoms with E-state index in [0.717, 1.165) is 66.5 Å². The number of hydrogen-bond donors (Lipinski definition) is 0. The normalized spacial score (nSPS) is 16.5. The van der Waals surface area contributed by atoms with Crippen LogP contribution in [0.2, 0.25) is 0 Å². The highest BCUT2D eigenvalue weighted by molar-refractivity contribution is 5.96. The minimum absolute atomic E-state index is 0.0711. The minimum Gasteiger partial charge on any atom is -0.368 e. The molecule has 1 amide bonds. The number of piperazine rings is 2. The summed E-state index contributed by atoms with van der Waals surface area (Å²) in [6, 6.07) is 17.5. The third-order valence-corrected chi connectivity index (χ3v) is 7.31. The molecule has 2 aliphatic rings. The molecular weight excluding hydrogens is 465 g/mol. The van der Waals surface area contributed by atoms with Crippen LogP contribution in [0.4, 0.5) is 15.9 Å². The summed E-state index contributed by atoms with van der Waals surface area (Å²) in [7, 11) is 0. The number of hydrogen-bond acceptors (Lipinski definition) is 5. The van der Waals surface area contributed by atoms with Crippen molar-refractivity contribution >= 4 is 17.4 Å². The second-order valence-electron chi connectivity index (χ2n) is 9.69. The molecule has 7 heteroatoms. The van der Waals surface area contributed by atoms with E-state index in [0.29, 0.717) is 26.2 Å². The Morgan fingerprint density at radius 2 is 1.68 bits per heavy atom. The number of para-hydroxylation sites is 1. The number of rotatable bonds is 5. The number of terminal acetylenes is 1. The number of pyridine rings is 1. The van der Waals surface area contributed by atoms with Crippen LogP contribution in [0, 0.1) is 25.1 Å². The lowest BCUT2D eigenvalue weighted by atomic mass is 10.0. The van der Waals surface area contributed by atoms with Crippen molar-refractivity contribution in [1.29, 1.82) is 0 Å². The van der Waals surface area contributed by atoms with Gasteiger partial charge in [0.1, 0.15) is 11.6 Å². The first kappa shape index (κ1) is 24.8. The lowest BCUT2D eigenvalue weighted by Crippen LogP contribution is -2.49. The monoisotopic (exact) mass is 497 g/mol. The van der Waals surface area contributed by atoms with Gasteiger partial charge in [0.15, 0.2) is 0 Å². The first-order valence-corrected chi connectivity index (χ1v) is 12.8. The van der Waals surface area contributed by atoms with Crippen LogP contribution in [0.3, 0.4) is 0 Å². The largest absolute Gasteiger partial charge is 0.368 e. The van der Waals surface area contributed by atoms with Gasteiger partial charge in [-0.1, -0.05) is 30.2 Å². The molecule has 0 bridgehead atoms. The molecule has 1 aromatic heterocycles. The third-order valence-electron chi connectivity index (χ3n) is 7.31. The molecule has 2 fully saturated rings. The van der Waals surface area contributed by atoms with Gasteiger partial charge >= 0.3 is 0 Å². The minimum atomic E-state index is -0.343. The van der Waals surface area contributed by atoms with E-state index in [1.807, 2.05) is 30.0 Å². The number of aromatic nitrogens is 1. The number of carbonyl (C=O) groups excluding carboxylic acids is 1. The first-order chi connectivity index (χ1) is 18.0. The van der Waals surface area contributed by atoms with Crippen molar-refractivity contribution in [1.82, 2.24) is 14.8 Å². The summed E-state index contributed by atoms with van der Waals surface area (Å²) >= 11 is 0. The van der Waals surface area contributed by atoms with Crippen LogP contribution in [0.5, 0.6) is 0 Å². The van der Waals surface area contributed by atoms with E-state index in [9.17, 15) is 9.18 Å². The molecule has 2 aromatic carbocycles. The van der Waals surface area contributed by atoms with Crippen molar-refractivity contribution in [3.63, 3.8) is 0 Å². The molecule has 0 radical (unpaired) electrons. The van der Waals surface area contributed by atoms with Crippen molar-refractivity contribution in [2.24, 2.45) is 0 Å². The molecule has 0 spiro atoms. The van der Waals surface area contributed by atoms with Gasteiger partial charge in [-0.2, -0.15) is 0 Å². The molecule has 3 heterocycles. The van der Waals surface area contributed by atoms with E-state index >= 15 is 0 Å². The van der Waals surface area contributed by atoms with Gasteiger partial charge in [-0.25, -0.2) is 9.37 Å². The second-order valence-corrected chi connectivity index (χ2v) is 9.69. The lowest BCUT2D eigenvalue weighted by Gasteiger charge is -2.37. The Labute approximate surface area is 218 Å². The summed E-state index contributed by atoms with van der Waals surface area (Å²) in [6.45, 7) is 9.11. The smallest absolute Gasteiger partial charge is 0.254 e. The Balaban J connectivity index is 1.18. The molecule has 3 aromatic rings. The predicted octanol–water partition coefficient (Wildman–Crippen LogP) is 3.80. The van der Waals surface area contributed by atoms with Gasteiger partial charge < -0.3 is 14.7 Å². The number of halogens is 1. The fraction of sp³-hybridized carbons (Fsp3) is 0.333. The van der Waals surface area contributed by atoms with E-state index in [2.05, 4.69) is 49.9 Å². The Bertz CT molecular complexity index is 1290. The summed E-state index contributed by atoms with van der Waals surface area (Å²) in [5, 5.41) is 0. The Hall–Kier alpha value is -3.89. The van der Waals surface area contributed by atoms with Crippen molar-refractivity contribution in [3.05, 3.63) is 88.9 Å². The SMILES string of the molecule is C#Cc1ccccc1N1CCN(Cc2ccc(C)c(C(=O)N3CCN(c4ccc(F)cn4)CC3)c2)CC1. The van der Waals surface area contributed by atoms with E-state index in [1.54, 1.807) is 6.07 Å². The zero-order chi connectivity index (χ0) is 25.8. The summed E-state index contributed by atoms with van der Waals surface area (Å²) in [6.07, 6.45) is 6.93. The quantitative estimate of drug-likeness (QED) is 0.502. The standard InChI is InChI=1S/C30H32FN5O/c1-3-25-6-4-5-7-28(25)34-14-12-33(13-15-34)22-24-9-8-23(2)27(20-24)30(37)36-18-16-35(17-19-36)29-11-10-26(31)21-32-29/h1,4-11,20-21H,12-19,22H2,2H3. The lowest BCUT2D eigenvalue weighted by molar-refractivity contribution is 0.0745. The summed E-state index contributed by atoms with van der Waals surface area (Å²) in [4.78, 5) is 26.4. The fourth-order valence-electron chi connectivity index (χ4n) is 5.14. The first-order valence-electron chi connectivity index (χ1n) is 12.8. The number of nitrogens with zero attached hydrogens (tertiary/aromatic N) is 5. The zero-order valence-electron chi connectivity index (χ0n) is 21.2. The Morgan fingerprint density at radius 1 is 0.946 bits per heavy atom. The summed E-state index contributed by atoms with van der Waals surface area (Å²) in [5.41, 5.74) is 4.98. The topological polar surface area (TPSA) is 42.9 Å². The summed E-state index contributed by atoms with van der Waals surface area (Å²) in [5.74, 6) is 3.27. The van der Waals surface area contributed by atoms with Crippen LogP contribution >= 0.6 is 0 Å². The molecule has 5 rings (SSSR count). The van der Waals surface area contributed by atoms with Gasteiger partial charge in [0, 0.05) is 70.0 Å². The Morgan fingerprint density at radius 3 is 2.38 bits per heavy atom. The van der Waals surface area contributed by atoms with Crippen molar-refractivity contribution in [3.8, 4) is 12.3 Å². The number of aryl methyl sites for hydroxylation is 1. The van der Waals surface area contributed by atoms with Crippen molar-refractivity contribution in [2.45, 2.75) is 13.5 Å². The second kappa shape index (κ2) is 11.0. The van der Waals surface area contributed by atoms with Gasteiger partial charge in [0.2, 0.25) is 0 Å². The van der Waals surface area contributed by atoms with Gasteiger partial charge in [-0.15, -0.1) is 6.42 Å². The van der Waals surface area contributed by atoms with Crippen molar-refractivity contribution in [2.75, 3.05) is 62.2 Å². The van der Waals surface area contributed by atoms with E-state index in [4.69, 9.17) is 6.42 Å². The molecule has 6 nitrogen and oxygen atoms in total. The number of carbonyl (C=O) groups is 1. The Kier molecular flexibility index (Phi) is 7.38. The highest BCUT2D eigenvalue weighted by Crippen LogP contribution is 2.23. The maximum absolute atomic E-state index is 13.4.